The van der Waals surface area contributed by atoms with E-state index < -0.39 is 10.0 Å². The van der Waals surface area contributed by atoms with Gasteiger partial charge in [0.15, 0.2) is 5.75 Å². The predicted molar refractivity (Wildman–Crippen MR) is 113 cm³/mol. The first kappa shape index (κ1) is 19.7. The van der Waals surface area contributed by atoms with Crippen molar-refractivity contribution in [2.45, 2.75) is 31.1 Å². The molecule has 4 rings (SSSR count). The van der Waals surface area contributed by atoms with Crippen LogP contribution in [0.25, 0.3) is 0 Å². The number of nitrogens with zero attached hydrogens (tertiary/aromatic N) is 2. The van der Waals surface area contributed by atoms with E-state index in [2.05, 4.69) is 10.2 Å². The number of ether oxygens (including phenoxy) is 1. The number of amides is 1. The maximum Gasteiger partial charge on any atom is 0.259 e. The van der Waals surface area contributed by atoms with Gasteiger partial charge >= 0.3 is 0 Å². The summed E-state index contributed by atoms with van der Waals surface area (Å²) < 4.78 is 33.4. The normalized spacial score (nSPS) is 16.6. The predicted octanol–water partition coefficient (Wildman–Crippen LogP) is 3.59. The number of hydrogen-bond acceptors (Lipinski definition) is 5. The third kappa shape index (κ3) is 3.58. The van der Waals surface area contributed by atoms with E-state index in [1.807, 2.05) is 25.1 Å². The van der Waals surface area contributed by atoms with Gasteiger partial charge in [0.2, 0.25) is 10.0 Å². The fourth-order valence-corrected chi connectivity index (χ4v) is 4.85. The maximum absolute atomic E-state index is 13.1. The third-order valence-corrected chi connectivity index (χ3v) is 7.21. The van der Waals surface area contributed by atoms with Gasteiger partial charge < -0.3 is 15.0 Å². The number of fused-ring (bicyclic) bond motifs is 2. The summed E-state index contributed by atoms with van der Waals surface area (Å²) in [5.41, 5.74) is 2.35. The van der Waals surface area contributed by atoms with Gasteiger partial charge in [-0.15, -0.1) is 0 Å². The van der Waals surface area contributed by atoms with Crippen molar-refractivity contribution in [3.05, 3.63) is 41.5 Å². The Bertz CT molecular complexity index is 1070. The van der Waals surface area contributed by atoms with Crippen molar-refractivity contribution in [2.24, 2.45) is 0 Å². The van der Waals surface area contributed by atoms with Gasteiger partial charge in [0.05, 0.1) is 16.9 Å². The van der Waals surface area contributed by atoms with Gasteiger partial charge in [-0.25, -0.2) is 12.7 Å². The summed E-state index contributed by atoms with van der Waals surface area (Å²) in [6, 6.07) is 8.70. The van der Waals surface area contributed by atoms with Crippen LogP contribution in [0, 0.1) is 6.92 Å². The van der Waals surface area contributed by atoms with Gasteiger partial charge in [0, 0.05) is 33.3 Å². The van der Waals surface area contributed by atoms with Crippen LogP contribution in [0.15, 0.2) is 35.2 Å². The van der Waals surface area contributed by atoms with E-state index in [-0.39, 0.29) is 16.4 Å². The second-order valence-electron chi connectivity index (χ2n) is 7.71. The molecule has 8 heteroatoms. The Morgan fingerprint density at radius 1 is 1.03 bits per heavy atom. The average molecular weight is 416 g/mol. The van der Waals surface area contributed by atoms with Crippen molar-refractivity contribution in [2.75, 3.05) is 37.4 Å². The minimum Gasteiger partial charge on any atom is -0.454 e. The molecule has 2 aliphatic rings. The highest BCUT2D eigenvalue weighted by molar-refractivity contribution is 7.89. The average Bonchev–Trinajstić information content (AvgIpc) is 2.82. The van der Waals surface area contributed by atoms with Gasteiger partial charge in [-0.1, -0.05) is 6.07 Å². The first-order valence-corrected chi connectivity index (χ1v) is 11.2. The van der Waals surface area contributed by atoms with Crippen LogP contribution in [0.3, 0.4) is 0 Å². The van der Waals surface area contributed by atoms with Crippen molar-refractivity contribution in [3.63, 3.8) is 0 Å². The Balaban J connectivity index is 1.90. The second kappa shape index (κ2) is 7.35. The lowest BCUT2D eigenvalue weighted by molar-refractivity contribution is 0.102. The fraction of sp³-hybridized carbons (Fsp3) is 0.381. The number of nitrogens with one attached hydrogen (secondary N) is 1. The van der Waals surface area contributed by atoms with E-state index in [0.717, 1.165) is 37.9 Å². The van der Waals surface area contributed by atoms with E-state index in [1.165, 1.54) is 24.5 Å². The number of aryl methyl sites for hydroxylation is 1. The molecule has 0 spiro atoms. The molecule has 0 aliphatic carbocycles. The van der Waals surface area contributed by atoms with E-state index in [0.29, 0.717) is 22.9 Å². The Kier molecular flexibility index (Phi) is 5.00. The van der Waals surface area contributed by atoms with Gasteiger partial charge in [-0.05, 0) is 49.9 Å². The van der Waals surface area contributed by atoms with E-state index in [1.54, 1.807) is 6.07 Å². The number of benzene rings is 2. The fourth-order valence-electron chi connectivity index (χ4n) is 3.73. The zero-order valence-electron chi connectivity index (χ0n) is 16.9. The Morgan fingerprint density at radius 3 is 2.45 bits per heavy atom. The molecule has 1 fully saturated rings. The van der Waals surface area contributed by atoms with E-state index in [9.17, 15) is 13.2 Å². The Labute approximate surface area is 171 Å². The van der Waals surface area contributed by atoms with Crippen molar-refractivity contribution >= 4 is 27.3 Å². The van der Waals surface area contributed by atoms with Crippen molar-refractivity contribution in [1.82, 2.24) is 4.31 Å². The number of carbonyl (C=O) groups is 1. The lowest BCUT2D eigenvalue weighted by Crippen LogP contribution is -2.32. The molecule has 0 saturated carbocycles. The summed E-state index contributed by atoms with van der Waals surface area (Å²) in [7, 11) is -0.751. The summed E-state index contributed by atoms with van der Waals surface area (Å²) in [6.45, 7) is 3.48. The van der Waals surface area contributed by atoms with Crippen LogP contribution in [-0.4, -0.2) is 45.8 Å². The number of anilines is 2. The third-order valence-electron chi connectivity index (χ3n) is 5.36. The topological polar surface area (TPSA) is 79.0 Å². The molecule has 7 nitrogen and oxygen atoms in total. The van der Waals surface area contributed by atoms with Crippen LogP contribution >= 0.6 is 0 Å². The Hall–Kier alpha value is -2.58. The second-order valence-corrected chi connectivity index (χ2v) is 9.83. The van der Waals surface area contributed by atoms with Crippen LogP contribution in [-0.2, 0) is 10.0 Å². The first-order valence-electron chi connectivity index (χ1n) is 9.73. The molecule has 0 unspecified atom stereocenters. The van der Waals surface area contributed by atoms with Crippen LogP contribution < -0.4 is 15.0 Å². The number of sulfonamides is 1. The molecule has 2 aliphatic heterocycles. The summed E-state index contributed by atoms with van der Waals surface area (Å²) in [5.74, 6) is 0.517. The minimum absolute atomic E-state index is 0.129. The SMILES string of the molecule is Cc1ccc2c(c1)NC(=O)c1cc(S(=O)(=O)N(C)C)c(N3CCCCC3)cc1O2. The monoisotopic (exact) mass is 415 g/mol. The Morgan fingerprint density at radius 2 is 1.76 bits per heavy atom. The zero-order valence-corrected chi connectivity index (χ0v) is 17.7. The number of carbonyl (C=O) groups excluding carboxylic acids is 1. The van der Waals surface area contributed by atoms with Gasteiger partial charge in [-0.2, -0.15) is 0 Å². The van der Waals surface area contributed by atoms with Crippen molar-refractivity contribution in [3.8, 4) is 11.5 Å². The quantitative estimate of drug-likeness (QED) is 0.829. The van der Waals surface area contributed by atoms with Crippen LogP contribution in [0.5, 0.6) is 11.5 Å². The maximum atomic E-state index is 13.1. The van der Waals surface area contributed by atoms with Crippen molar-refractivity contribution < 1.29 is 17.9 Å². The molecule has 1 amide bonds. The lowest BCUT2D eigenvalue weighted by Gasteiger charge is -2.31. The molecule has 2 heterocycles. The smallest absolute Gasteiger partial charge is 0.259 e. The standard InChI is InChI=1S/C21H25N3O4S/c1-14-7-8-18-16(11-14)22-21(25)15-12-20(29(26,27)23(2)3)17(13-19(15)28-18)24-9-5-4-6-10-24/h7-8,11-13H,4-6,9-10H2,1-3H3,(H,22,25). The highest BCUT2D eigenvalue weighted by atomic mass is 32.2. The first-order chi connectivity index (χ1) is 13.8. The van der Waals surface area contributed by atoms with E-state index >= 15 is 0 Å². The van der Waals surface area contributed by atoms with Crippen molar-refractivity contribution in [1.29, 1.82) is 0 Å². The molecule has 0 atom stereocenters. The summed E-state index contributed by atoms with van der Waals surface area (Å²) in [6.07, 6.45) is 3.13. The number of piperidine rings is 1. The summed E-state index contributed by atoms with van der Waals surface area (Å²) in [5, 5.41) is 2.84. The molecule has 0 bridgehead atoms. The number of hydrogen-bond donors (Lipinski definition) is 1. The van der Waals surface area contributed by atoms with Gasteiger partial charge in [-0.3, -0.25) is 4.79 Å². The molecular formula is C21H25N3O4S. The highest BCUT2D eigenvalue weighted by Crippen LogP contribution is 2.41. The molecule has 0 radical (unpaired) electrons. The van der Waals surface area contributed by atoms with Crippen LogP contribution in [0.1, 0.15) is 35.2 Å². The number of rotatable bonds is 3. The van der Waals surface area contributed by atoms with Crippen LogP contribution in [0.2, 0.25) is 0 Å². The summed E-state index contributed by atoms with van der Waals surface area (Å²) >= 11 is 0. The lowest BCUT2D eigenvalue weighted by atomic mass is 10.1. The summed E-state index contributed by atoms with van der Waals surface area (Å²) in [4.78, 5) is 15.1. The molecule has 29 heavy (non-hydrogen) atoms. The molecule has 1 saturated heterocycles. The van der Waals surface area contributed by atoms with Gasteiger partial charge in [0.25, 0.3) is 5.91 Å². The molecule has 1 N–H and O–H groups in total. The molecule has 154 valence electrons. The van der Waals surface area contributed by atoms with Crippen LogP contribution in [0.4, 0.5) is 11.4 Å². The molecule has 2 aromatic rings. The zero-order chi connectivity index (χ0) is 20.8. The largest absolute Gasteiger partial charge is 0.454 e. The minimum atomic E-state index is -3.74. The molecular weight excluding hydrogens is 390 g/mol. The van der Waals surface area contributed by atoms with Gasteiger partial charge in [0.1, 0.15) is 10.6 Å². The van der Waals surface area contributed by atoms with E-state index in [4.69, 9.17) is 4.74 Å². The molecule has 0 aromatic heterocycles. The highest BCUT2D eigenvalue weighted by Gasteiger charge is 2.31. The molecule has 2 aromatic carbocycles.